The van der Waals surface area contributed by atoms with Crippen LogP contribution in [0.5, 0.6) is 5.75 Å². The van der Waals surface area contributed by atoms with Gasteiger partial charge in [0.15, 0.2) is 0 Å². The maximum atomic E-state index is 12.2. The van der Waals surface area contributed by atoms with Crippen molar-refractivity contribution >= 4 is 11.6 Å². The highest BCUT2D eigenvalue weighted by atomic mass is 16.5. The zero-order valence-electron chi connectivity index (χ0n) is 12.1. The molecule has 3 N–H and O–H groups in total. The molecule has 3 rings (SSSR count). The molecule has 0 spiro atoms. The van der Waals surface area contributed by atoms with Crippen molar-refractivity contribution in [1.29, 1.82) is 0 Å². The number of carbonyl (C=O) groups excluding carboxylic acids is 1. The molecule has 5 heteroatoms. The summed E-state index contributed by atoms with van der Waals surface area (Å²) in [6, 6.07) is 7.21. The first-order valence-electron chi connectivity index (χ1n) is 7.57. The summed E-state index contributed by atoms with van der Waals surface area (Å²) in [5, 5.41) is 9.88. The fourth-order valence-corrected chi connectivity index (χ4v) is 3.46. The normalized spacial score (nSPS) is 27.7. The minimum atomic E-state index is -0.226. The van der Waals surface area contributed by atoms with Gasteiger partial charge in [0.05, 0.1) is 19.1 Å². The van der Waals surface area contributed by atoms with E-state index >= 15 is 0 Å². The van der Waals surface area contributed by atoms with Gasteiger partial charge < -0.3 is 20.5 Å². The van der Waals surface area contributed by atoms with Crippen molar-refractivity contribution < 1.29 is 14.6 Å². The number of amides is 1. The second kappa shape index (κ2) is 5.93. The van der Waals surface area contributed by atoms with Crippen LogP contribution in [0.1, 0.15) is 19.3 Å². The predicted octanol–water partition coefficient (Wildman–Crippen LogP) is 1.27. The summed E-state index contributed by atoms with van der Waals surface area (Å²) in [4.78, 5) is 14.1. The van der Waals surface area contributed by atoms with Gasteiger partial charge in [0.2, 0.25) is 5.91 Å². The van der Waals surface area contributed by atoms with E-state index in [1.807, 2.05) is 17.0 Å². The molecule has 0 aromatic heterocycles. The molecule has 2 fully saturated rings. The van der Waals surface area contributed by atoms with Crippen LogP contribution in [0, 0.1) is 11.8 Å². The van der Waals surface area contributed by atoms with Gasteiger partial charge >= 0.3 is 0 Å². The molecule has 1 aliphatic heterocycles. The monoisotopic (exact) mass is 290 g/mol. The van der Waals surface area contributed by atoms with E-state index in [1.165, 1.54) is 0 Å². The lowest BCUT2D eigenvalue weighted by Crippen LogP contribution is -2.31. The van der Waals surface area contributed by atoms with Crippen LogP contribution in [-0.2, 0) is 4.79 Å². The number of fused-ring (bicyclic) bond motifs is 1. The van der Waals surface area contributed by atoms with Gasteiger partial charge in [0.1, 0.15) is 5.75 Å². The molecule has 3 unspecified atom stereocenters. The van der Waals surface area contributed by atoms with Gasteiger partial charge in [-0.05, 0) is 30.9 Å². The fourth-order valence-electron chi connectivity index (χ4n) is 3.46. The number of likely N-dealkylation sites (tertiary alicyclic amines) is 1. The summed E-state index contributed by atoms with van der Waals surface area (Å²) in [5.74, 6) is 1.57. The average Bonchev–Trinajstić information content (AvgIpc) is 3.02. The van der Waals surface area contributed by atoms with Gasteiger partial charge in [-0.1, -0.05) is 6.07 Å². The molecule has 1 heterocycles. The smallest absolute Gasteiger partial charge is 0.226 e. The van der Waals surface area contributed by atoms with E-state index in [0.717, 1.165) is 19.4 Å². The molecule has 1 saturated heterocycles. The molecule has 1 saturated carbocycles. The Labute approximate surface area is 124 Å². The van der Waals surface area contributed by atoms with E-state index < -0.39 is 0 Å². The second-order valence-corrected chi connectivity index (χ2v) is 6.04. The van der Waals surface area contributed by atoms with Crippen molar-refractivity contribution in [3.63, 3.8) is 0 Å². The first kappa shape index (κ1) is 14.2. The van der Waals surface area contributed by atoms with Crippen LogP contribution in [0.15, 0.2) is 24.3 Å². The number of nitrogen functional groups attached to an aromatic ring is 1. The number of hydrogen-bond donors (Lipinski definition) is 2. The van der Waals surface area contributed by atoms with Gasteiger partial charge in [0, 0.05) is 30.8 Å². The minimum absolute atomic E-state index is 0.112. The number of aliphatic hydroxyl groups excluding tert-OH is 1. The van der Waals surface area contributed by atoms with Crippen molar-refractivity contribution in [2.75, 3.05) is 25.4 Å². The SMILES string of the molecule is Nc1cccc(OCCC(=O)N2CC3CCC(O)C3C2)c1. The van der Waals surface area contributed by atoms with E-state index in [-0.39, 0.29) is 17.9 Å². The Hall–Kier alpha value is -1.75. The number of rotatable bonds is 4. The van der Waals surface area contributed by atoms with Gasteiger partial charge in [-0.3, -0.25) is 4.79 Å². The van der Waals surface area contributed by atoms with Crippen molar-refractivity contribution in [2.45, 2.75) is 25.4 Å². The van der Waals surface area contributed by atoms with Crippen molar-refractivity contribution in [1.82, 2.24) is 4.90 Å². The predicted molar refractivity (Wildman–Crippen MR) is 79.8 cm³/mol. The number of hydrogen-bond acceptors (Lipinski definition) is 4. The fraction of sp³-hybridized carbons (Fsp3) is 0.562. The minimum Gasteiger partial charge on any atom is -0.493 e. The third-order valence-electron chi connectivity index (χ3n) is 4.61. The molecule has 21 heavy (non-hydrogen) atoms. The highest BCUT2D eigenvalue weighted by Crippen LogP contribution is 2.38. The second-order valence-electron chi connectivity index (χ2n) is 6.04. The zero-order chi connectivity index (χ0) is 14.8. The van der Waals surface area contributed by atoms with E-state index in [4.69, 9.17) is 10.5 Å². The highest BCUT2D eigenvalue weighted by Gasteiger charge is 2.42. The van der Waals surface area contributed by atoms with Gasteiger partial charge in [-0.2, -0.15) is 0 Å². The number of benzene rings is 1. The van der Waals surface area contributed by atoms with E-state index in [1.54, 1.807) is 12.1 Å². The van der Waals surface area contributed by atoms with Gasteiger partial charge in [-0.15, -0.1) is 0 Å². The Balaban J connectivity index is 1.45. The molecular formula is C16H22N2O3. The molecule has 1 aliphatic carbocycles. The summed E-state index contributed by atoms with van der Waals surface area (Å²) in [6.45, 7) is 1.85. The molecule has 1 aromatic carbocycles. The highest BCUT2D eigenvalue weighted by molar-refractivity contribution is 5.76. The van der Waals surface area contributed by atoms with Crippen molar-refractivity contribution in [3.8, 4) is 5.75 Å². The van der Waals surface area contributed by atoms with Gasteiger partial charge in [-0.25, -0.2) is 0 Å². The molecular weight excluding hydrogens is 268 g/mol. The van der Waals surface area contributed by atoms with E-state index in [9.17, 15) is 9.90 Å². The molecule has 0 bridgehead atoms. The number of anilines is 1. The quantitative estimate of drug-likeness (QED) is 0.819. The summed E-state index contributed by atoms with van der Waals surface area (Å²) in [7, 11) is 0. The topological polar surface area (TPSA) is 75.8 Å². The number of carbonyl (C=O) groups is 1. The Morgan fingerprint density at radius 1 is 1.38 bits per heavy atom. The maximum Gasteiger partial charge on any atom is 0.226 e. The molecule has 1 aromatic rings. The van der Waals surface area contributed by atoms with Crippen molar-refractivity contribution in [3.05, 3.63) is 24.3 Å². The van der Waals surface area contributed by atoms with Crippen LogP contribution in [0.4, 0.5) is 5.69 Å². The molecule has 0 radical (unpaired) electrons. The molecule has 5 nitrogen and oxygen atoms in total. The summed E-state index contributed by atoms with van der Waals surface area (Å²) >= 11 is 0. The van der Waals surface area contributed by atoms with Crippen LogP contribution in [0.25, 0.3) is 0 Å². The lowest BCUT2D eigenvalue weighted by molar-refractivity contribution is -0.131. The average molecular weight is 290 g/mol. The number of nitrogens with zero attached hydrogens (tertiary/aromatic N) is 1. The summed E-state index contributed by atoms with van der Waals surface area (Å²) in [5.41, 5.74) is 6.33. The maximum absolute atomic E-state index is 12.2. The van der Waals surface area contributed by atoms with Crippen LogP contribution in [0.3, 0.4) is 0 Å². The first-order chi connectivity index (χ1) is 10.1. The lowest BCUT2D eigenvalue weighted by atomic mass is 10.00. The lowest BCUT2D eigenvalue weighted by Gasteiger charge is -2.18. The summed E-state index contributed by atoms with van der Waals surface area (Å²) < 4.78 is 5.56. The third kappa shape index (κ3) is 3.13. The third-order valence-corrected chi connectivity index (χ3v) is 4.61. The number of ether oxygens (including phenoxy) is 1. The van der Waals surface area contributed by atoms with Crippen LogP contribution in [0.2, 0.25) is 0 Å². The van der Waals surface area contributed by atoms with E-state index in [2.05, 4.69) is 0 Å². The van der Waals surface area contributed by atoms with Gasteiger partial charge in [0.25, 0.3) is 0 Å². The molecule has 1 amide bonds. The van der Waals surface area contributed by atoms with Crippen LogP contribution >= 0.6 is 0 Å². The Morgan fingerprint density at radius 3 is 3.00 bits per heavy atom. The zero-order valence-corrected chi connectivity index (χ0v) is 12.1. The largest absolute Gasteiger partial charge is 0.493 e. The first-order valence-corrected chi connectivity index (χ1v) is 7.57. The summed E-state index contributed by atoms with van der Waals surface area (Å²) in [6.07, 6.45) is 2.06. The van der Waals surface area contributed by atoms with E-state index in [0.29, 0.717) is 36.9 Å². The Kier molecular flexibility index (Phi) is 4.01. The van der Waals surface area contributed by atoms with Crippen LogP contribution < -0.4 is 10.5 Å². The number of aliphatic hydroxyl groups is 1. The molecule has 114 valence electrons. The molecule has 3 atom stereocenters. The van der Waals surface area contributed by atoms with Crippen LogP contribution in [-0.4, -0.2) is 41.7 Å². The molecule has 2 aliphatic rings. The standard InChI is InChI=1S/C16H22N2O3/c17-12-2-1-3-13(8-12)21-7-6-16(20)18-9-11-4-5-15(19)14(11)10-18/h1-3,8,11,14-15,19H,4-7,9-10,17H2. The Bertz CT molecular complexity index is 520. The number of nitrogens with two attached hydrogens (primary N) is 1. The van der Waals surface area contributed by atoms with Crippen molar-refractivity contribution in [2.24, 2.45) is 11.8 Å². The Morgan fingerprint density at radius 2 is 2.24 bits per heavy atom.